The molecular formula is C33H40BClN4O5Si. The molecule has 12 heteroatoms. The number of pyridine rings is 2. The van der Waals surface area contributed by atoms with Gasteiger partial charge in [-0.1, -0.05) is 60.7 Å². The lowest BCUT2D eigenvalue weighted by molar-refractivity contribution is 0.00578. The summed E-state index contributed by atoms with van der Waals surface area (Å²) in [5.41, 5.74) is 3.73. The third kappa shape index (κ3) is 5.69. The van der Waals surface area contributed by atoms with E-state index in [-0.39, 0.29) is 12.3 Å². The zero-order chi connectivity index (χ0) is 32.5. The molecule has 5 heterocycles. The highest BCUT2D eigenvalue weighted by atomic mass is 35.5. The SMILES string of the molecule is Cc1cc(-c2c(-c3ccc(B4OC(C)(C)C(C)(C)O4)cc3)c3c4cc(Cl)n(COCC[Si](C)(C)C)c4ncc3n(C)c2=O)on1. The van der Waals surface area contributed by atoms with Gasteiger partial charge >= 0.3 is 7.12 Å². The number of hydrogen-bond acceptors (Lipinski definition) is 7. The van der Waals surface area contributed by atoms with Gasteiger partial charge in [-0.3, -0.25) is 9.36 Å². The van der Waals surface area contributed by atoms with Crippen LogP contribution in [0.5, 0.6) is 0 Å². The summed E-state index contributed by atoms with van der Waals surface area (Å²) in [6.07, 6.45) is 1.73. The van der Waals surface area contributed by atoms with E-state index < -0.39 is 26.4 Å². The van der Waals surface area contributed by atoms with E-state index in [0.29, 0.717) is 45.5 Å². The Balaban J connectivity index is 1.54. The van der Waals surface area contributed by atoms with E-state index in [2.05, 4.69) is 24.8 Å². The maximum absolute atomic E-state index is 14.0. The second-order valence-corrected chi connectivity index (χ2v) is 20.2. The van der Waals surface area contributed by atoms with Crippen LogP contribution in [-0.4, -0.2) is 52.3 Å². The molecule has 0 bridgehead atoms. The average Bonchev–Trinajstić information content (AvgIpc) is 3.59. The zero-order valence-corrected chi connectivity index (χ0v) is 29.2. The Morgan fingerprint density at radius 1 is 1.02 bits per heavy atom. The summed E-state index contributed by atoms with van der Waals surface area (Å²) >= 11 is 6.83. The molecule has 4 aromatic heterocycles. The fraction of sp³-hybridized carbons (Fsp3) is 0.424. The second kappa shape index (κ2) is 11.2. The van der Waals surface area contributed by atoms with Gasteiger partial charge in [0.25, 0.3) is 5.56 Å². The quantitative estimate of drug-likeness (QED) is 0.135. The van der Waals surface area contributed by atoms with Crippen LogP contribution in [0.4, 0.5) is 0 Å². The first-order valence-corrected chi connectivity index (χ1v) is 19.3. The second-order valence-electron chi connectivity index (χ2n) is 14.2. The van der Waals surface area contributed by atoms with Crippen molar-refractivity contribution >= 4 is 54.2 Å². The standard InChI is InChI=1S/C33H40BClN4O5Si/c1-20-16-25(42-37-20)29-27(21-10-12-22(13-11-21)34-43-32(2,3)33(4,5)44-34)28-23-17-26(35)39(19-41-14-15-45(7,8)9)30(23)36-18-24(28)38(6)31(29)40/h10-13,16-18H,14-15,19H2,1-9H3. The minimum Gasteiger partial charge on any atom is -0.399 e. The van der Waals surface area contributed by atoms with Crippen molar-refractivity contribution in [2.24, 2.45) is 7.05 Å². The van der Waals surface area contributed by atoms with Crippen molar-refractivity contribution in [3.05, 3.63) is 63.8 Å². The maximum Gasteiger partial charge on any atom is 0.494 e. The van der Waals surface area contributed by atoms with Crippen molar-refractivity contribution < 1.29 is 18.6 Å². The molecule has 1 fully saturated rings. The number of benzene rings is 1. The van der Waals surface area contributed by atoms with Gasteiger partial charge in [-0.15, -0.1) is 0 Å². The summed E-state index contributed by atoms with van der Waals surface area (Å²) in [5.74, 6) is 0.394. The molecule has 0 radical (unpaired) electrons. The van der Waals surface area contributed by atoms with Crippen molar-refractivity contribution in [2.45, 2.75) is 78.2 Å². The molecule has 0 unspecified atom stereocenters. The van der Waals surface area contributed by atoms with Crippen LogP contribution in [0.25, 0.3) is 44.4 Å². The number of aromatic nitrogens is 4. The number of ether oxygens (including phenoxy) is 1. The Bertz CT molecular complexity index is 1960. The number of hydrogen-bond donors (Lipinski definition) is 0. The number of nitrogens with zero attached hydrogens (tertiary/aromatic N) is 4. The predicted molar refractivity (Wildman–Crippen MR) is 183 cm³/mol. The molecule has 0 saturated carbocycles. The number of rotatable bonds is 8. The van der Waals surface area contributed by atoms with Crippen LogP contribution in [0, 0.1) is 6.92 Å². The molecule has 9 nitrogen and oxygen atoms in total. The molecule has 1 aliphatic heterocycles. The predicted octanol–water partition coefficient (Wildman–Crippen LogP) is 6.78. The Hall–Kier alpha value is -3.22. The molecule has 45 heavy (non-hydrogen) atoms. The summed E-state index contributed by atoms with van der Waals surface area (Å²) in [6.45, 7) is 17.9. The fourth-order valence-electron chi connectivity index (χ4n) is 5.62. The molecule has 0 atom stereocenters. The first-order valence-electron chi connectivity index (χ1n) is 15.3. The van der Waals surface area contributed by atoms with E-state index in [1.54, 1.807) is 23.9 Å². The summed E-state index contributed by atoms with van der Waals surface area (Å²) in [5, 5.41) is 6.25. The third-order valence-electron chi connectivity index (χ3n) is 9.05. The first-order chi connectivity index (χ1) is 21.1. The van der Waals surface area contributed by atoms with Gasteiger partial charge in [-0.25, -0.2) is 4.98 Å². The lowest BCUT2D eigenvalue weighted by Gasteiger charge is -2.32. The first kappa shape index (κ1) is 31.8. The van der Waals surface area contributed by atoms with Crippen molar-refractivity contribution in [3.63, 3.8) is 0 Å². The Labute approximate surface area is 269 Å². The van der Waals surface area contributed by atoms with E-state index in [1.807, 2.05) is 69.5 Å². The summed E-state index contributed by atoms with van der Waals surface area (Å²) in [7, 11) is -0.0131. The zero-order valence-electron chi connectivity index (χ0n) is 27.4. The van der Waals surface area contributed by atoms with Crippen LogP contribution in [0.3, 0.4) is 0 Å². The highest BCUT2D eigenvalue weighted by molar-refractivity contribution is 6.76. The highest BCUT2D eigenvalue weighted by Crippen LogP contribution is 2.41. The van der Waals surface area contributed by atoms with Gasteiger partial charge in [-0.2, -0.15) is 0 Å². The van der Waals surface area contributed by atoms with Gasteiger partial charge < -0.3 is 23.1 Å². The van der Waals surface area contributed by atoms with Gasteiger partial charge in [0, 0.05) is 44.1 Å². The van der Waals surface area contributed by atoms with Gasteiger partial charge in [0.1, 0.15) is 17.5 Å². The van der Waals surface area contributed by atoms with E-state index in [1.165, 1.54) is 0 Å². The van der Waals surface area contributed by atoms with Crippen molar-refractivity contribution in [1.29, 1.82) is 0 Å². The smallest absolute Gasteiger partial charge is 0.399 e. The highest BCUT2D eigenvalue weighted by Gasteiger charge is 2.51. The Morgan fingerprint density at radius 3 is 2.29 bits per heavy atom. The lowest BCUT2D eigenvalue weighted by atomic mass is 9.78. The molecule has 236 valence electrons. The van der Waals surface area contributed by atoms with Gasteiger partial charge in [0.05, 0.1) is 34.2 Å². The number of aryl methyl sites for hydroxylation is 2. The van der Waals surface area contributed by atoms with Gasteiger partial charge in [0.2, 0.25) is 0 Å². The minimum atomic E-state index is -1.25. The number of halogens is 1. The molecule has 1 aromatic carbocycles. The minimum absolute atomic E-state index is 0.218. The van der Waals surface area contributed by atoms with Gasteiger partial charge in [0.15, 0.2) is 5.76 Å². The maximum atomic E-state index is 14.0. The molecule has 6 rings (SSSR count). The fourth-order valence-corrected chi connectivity index (χ4v) is 6.62. The molecule has 0 amide bonds. The van der Waals surface area contributed by atoms with Gasteiger partial charge in [-0.05, 0) is 57.8 Å². The van der Waals surface area contributed by atoms with E-state index in [4.69, 9.17) is 35.2 Å². The number of fused-ring (bicyclic) bond motifs is 3. The van der Waals surface area contributed by atoms with Crippen molar-refractivity contribution in [1.82, 2.24) is 19.3 Å². The molecule has 0 N–H and O–H groups in total. The Kier molecular flexibility index (Phi) is 7.93. The van der Waals surface area contributed by atoms with Crippen molar-refractivity contribution in [2.75, 3.05) is 6.61 Å². The van der Waals surface area contributed by atoms with Crippen LogP contribution in [-0.2, 0) is 27.8 Å². The molecule has 1 aliphatic rings. The van der Waals surface area contributed by atoms with E-state index >= 15 is 0 Å². The molecule has 0 spiro atoms. The molecule has 1 saturated heterocycles. The summed E-state index contributed by atoms with van der Waals surface area (Å²) in [6, 6.07) is 12.7. The largest absolute Gasteiger partial charge is 0.494 e. The molecular weight excluding hydrogens is 607 g/mol. The van der Waals surface area contributed by atoms with E-state index in [0.717, 1.165) is 27.8 Å². The normalized spacial score (nSPS) is 16.4. The van der Waals surface area contributed by atoms with Crippen LogP contribution < -0.4 is 11.0 Å². The Morgan fingerprint density at radius 2 is 1.69 bits per heavy atom. The monoisotopic (exact) mass is 646 g/mol. The van der Waals surface area contributed by atoms with Crippen LogP contribution in [0.1, 0.15) is 33.4 Å². The molecule has 0 aliphatic carbocycles. The average molecular weight is 647 g/mol. The lowest BCUT2D eigenvalue weighted by Crippen LogP contribution is -2.41. The van der Waals surface area contributed by atoms with Crippen LogP contribution in [0.15, 0.2) is 51.9 Å². The van der Waals surface area contributed by atoms with Crippen LogP contribution >= 0.6 is 11.6 Å². The third-order valence-corrected chi connectivity index (χ3v) is 11.1. The van der Waals surface area contributed by atoms with Crippen LogP contribution in [0.2, 0.25) is 30.8 Å². The van der Waals surface area contributed by atoms with E-state index in [9.17, 15) is 4.79 Å². The summed E-state index contributed by atoms with van der Waals surface area (Å²) in [4.78, 5) is 18.8. The topological polar surface area (TPSA) is 93.5 Å². The molecule has 5 aromatic rings. The van der Waals surface area contributed by atoms with Crippen molar-refractivity contribution in [3.8, 4) is 22.5 Å². The summed E-state index contributed by atoms with van der Waals surface area (Å²) < 4.78 is 27.8.